The number of aliphatic hydroxyl groups is 1. The van der Waals surface area contributed by atoms with E-state index in [1.807, 2.05) is 6.07 Å². The number of nitrogens with one attached hydrogen (secondary N) is 2. The van der Waals surface area contributed by atoms with E-state index < -0.39 is 11.6 Å². The molecule has 1 aliphatic heterocycles. The lowest BCUT2D eigenvalue weighted by Crippen LogP contribution is -2.60. The molecule has 2 aromatic heterocycles. The van der Waals surface area contributed by atoms with Gasteiger partial charge in [0.05, 0.1) is 11.2 Å². The van der Waals surface area contributed by atoms with Crippen molar-refractivity contribution >= 4 is 22.8 Å². The number of aromatic nitrogens is 2. The lowest BCUT2D eigenvalue weighted by molar-refractivity contribution is -0.134. The first-order valence-corrected chi connectivity index (χ1v) is 9.15. The van der Waals surface area contributed by atoms with Gasteiger partial charge >= 0.3 is 0 Å². The molecular formula is C19H24N4O3. The van der Waals surface area contributed by atoms with Crippen LogP contribution in [-0.2, 0) is 11.3 Å². The van der Waals surface area contributed by atoms with Crippen molar-refractivity contribution in [1.82, 2.24) is 20.2 Å². The Bertz CT molecular complexity index is 861. The van der Waals surface area contributed by atoms with E-state index in [-0.39, 0.29) is 24.4 Å². The number of rotatable bonds is 4. The normalized spacial score (nSPS) is 19.2. The van der Waals surface area contributed by atoms with E-state index in [1.165, 1.54) is 4.90 Å². The van der Waals surface area contributed by atoms with Gasteiger partial charge in [-0.25, -0.2) is 4.98 Å². The van der Waals surface area contributed by atoms with Crippen molar-refractivity contribution in [2.75, 3.05) is 0 Å². The van der Waals surface area contributed by atoms with Crippen molar-refractivity contribution in [2.45, 2.75) is 63.8 Å². The molecule has 0 spiro atoms. The minimum Gasteiger partial charge on any atom is -0.388 e. The molecule has 1 unspecified atom stereocenters. The van der Waals surface area contributed by atoms with Gasteiger partial charge in [-0.3, -0.25) is 9.59 Å². The second-order valence-electron chi connectivity index (χ2n) is 7.88. The van der Waals surface area contributed by atoms with Crippen LogP contribution in [0.3, 0.4) is 0 Å². The lowest BCUT2D eigenvalue weighted by Gasteiger charge is -2.40. The number of hydrogen-bond donors (Lipinski definition) is 3. The summed E-state index contributed by atoms with van der Waals surface area (Å²) in [6.45, 7) is 3.43. The SMILES string of the molecule is CC(C)(O)C(C(=O)NC1CCCC1)N1Cc2ccnc3[nH]cc(c23)C1=O. The Labute approximate surface area is 151 Å². The maximum absolute atomic E-state index is 13.1. The Morgan fingerprint density at radius 2 is 2.15 bits per heavy atom. The number of aromatic amines is 1. The van der Waals surface area contributed by atoms with E-state index in [9.17, 15) is 14.7 Å². The summed E-state index contributed by atoms with van der Waals surface area (Å²) >= 11 is 0. The van der Waals surface area contributed by atoms with Gasteiger partial charge in [0, 0.05) is 30.4 Å². The molecule has 3 N–H and O–H groups in total. The molecule has 3 heterocycles. The summed E-state index contributed by atoms with van der Waals surface area (Å²) in [5, 5.41) is 14.5. The van der Waals surface area contributed by atoms with E-state index in [1.54, 1.807) is 26.2 Å². The topological polar surface area (TPSA) is 98.3 Å². The number of amides is 2. The van der Waals surface area contributed by atoms with Gasteiger partial charge in [0.15, 0.2) is 0 Å². The number of pyridine rings is 1. The predicted octanol–water partition coefficient (Wildman–Crippen LogP) is 1.72. The molecule has 2 aromatic rings. The quantitative estimate of drug-likeness (QED) is 0.777. The zero-order chi connectivity index (χ0) is 18.5. The fraction of sp³-hybridized carbons (Fsp3) is 0.526. The van der Waals surface area contributed by atoms with E-state index in [0.29, 0.717) is 11.2 Å². The third-order valence-electron chi connectivity index (χ3n) is 5.42. The second-order valence-corrected chi connectivity index (χ2v) is 7.88. The Hall–Kier alpha value is -2.41. The molecule has 0 aromatic carbocycles. The second kappa shape index (κ2) is 6.09. The van der Waals surface area contributed by atoms with Crippen molar-refractivity contribution < 1.29 is 14.7 Å². The first kappa shape index (κ1) is 17.0. The standard InChI is InChI=1S/C19H24N4O3/c1-19(2,26)15(17(24)22-12-5-3-4-6-12)23-10-11-7-8-20-16-14(11)13(9-21-16)18(23)25/h7-9,12,15,26H,3-6,10H2,1-2H3,(H,20,21)(H,22,24). The van der Waals surface area contributed by atoms with Crippen LogP contribution in [0.15, 0.2) is 18.5 Å². The Morgan fingerprint density at radius 1 is 1.42 bits per heavy atom. The summed E-state index contributed by atoms with van der Waals surface area (Å²) in [5.74, 6) is -0.549. The van der Waals surface area contributed by atoms with Gasteiger partial charge in [-0.15, -0.1) is 0 Å². The van der Waals surface area contributed by atoms with Crippen LogP contribution in [0, 0.1) is 0 Å². The minimum atomic E-state index is -1.36. The summed E-state index contributed by atoms with van der Waals surface area (Å²) in [6.07, 6.45) is 7.41. The van der Waals surface area contributed by atoms with Crippen LogP contribution in [0.1, 0.15) is 55.5 Å². The van der Waals surface area contributed by atoms with E-state index in [0.717, 1.165) is 36.6 Å². The summed E-state index contributed by atoms with van der Waals surface area (Å²) in [5.41, 5.74) is 0.727. The van der Waals surface area contributed by atoms with Crippen molar-refractivity contribution in [3.05, 3.63) is 29.6 Å². The van der Waals surface area contributed by atoms with Crippen LogP contribution in [-0.4, -0.2) is 49.5 Å². The third-order valence-corrected chi connectivity index (χ3v) is 5.42. The predicted molar refractivity (Wildman–Crippen MR) is 96.5 cm³/mol. The molecule has 7 nitrogen and oxygen atoms in total. The van der Waals surface area contributed by atoms with Gasteiger partial charge in [-0.1, -0.05) is 12.8 Å². The summed E-state index contributed by atoms with van der Waals surface area (Å²) in [7, 11) is 0. The van der Waals surface area contributed by atoms with Crippen molar-refractivity contribution in [1.29, 1.82) is 0 Å². The first-order valence-electron chi connectivity index (χ1n) is 9.15. The molecule has 1 atom stereocenters. The highest BCUT2D eigenvalue weighted by Gasteiger charge is 2.44. The highest BCUT2D eigenvalue weighted by atomic mass is 16.3. The Balaban J connectivity index is 1.68. The van der Waals surface area contributed by atoms with Crippen LogP contribution in [0.25, 0.3) is 11.0 Å². The van der Waals surface area contributed by atoms with Crippen LogP contribution in [0.4, 0.5) is 0 Å². The third kappa shape index (κ3) is 2.76. The van der Waals surface area contributed by atoms with Gasteiger partial charge < -0.3 is 20.3 Å². The molecular weight excluding hydrogens is 332 g/mol. The molecule has 7 heteroatoms. The molecule has 138 valence electrons. The van der Waals surface area contributed by atoms with E-state index in [4.69, 9.17) is 0 Å². The van der Waals surface area contributed by atoms with Crippen LogP contribution in [0.5, 0.6) is 0 Å². The Kier molecular flexibility index (Phi) is 3.99. The summed E-state index contributed by atoms with van der Waals surface area (Å²) in [4.78, 5) is 34.8. The van der Waals surface area contributed by atoms with Gasteiger partial charge in [-0.2, -0.15) is 0 Å². The van der Waals surface area contributed by atoms with Gasteiger partial charge in [0.2, 0.25) is 5.91 Å². The fourth-order valence-electron chi connectivity index (χ4n) is 4.24. The van der Waals surface area contributed by atoms with Crippen molar-refractivity contribution in [3.63, 3.8) is 0 Å². The molecule has 1 fully saturated rings. The number of hydrogen-bond acceptors (Lipinski definition) is 4. The average Bonchev–Trinajstić information content (AvgIpc) is 3.21. The van der Waals surface area contributed by atoms with Crippen molar-refractivity contribution in [2.24, 2.45) is 0 Å². The van der Waals surface area contributed by atoms with Crippen molar-refractivity contribution in [3.8, 4) is 0 Å². The molecule has 2 amide bonds. The van der Waals surface area contributed by atoms with E-state index >= 15 is 0 Å². The number of H-pyrrole nitrogens is 1. The molecule has 2 aliphatic rings. The van der Waals surface area contributed by atoms with Crippen LogP contribution in [0.2, 0.25) is 0 Å². The fourth-order valence-corrected chi connectivity index (χ4v) is 4.24. The Morgan fingerprint density at radius 3 is 2.85 bits per heavy atom. The summed E-state index contributed by atoms with van der Waals surface area (Å²) in [6, 6.07) is 1.03. The number of carbonyl (C=O) groups is 2. The zero-order valence-electron chi connectivity index (χ0n) is 15.1. The van der Waals surface area contributed by atoms with E-state index in [2.05, 4.69) is 15.3 Å². The average molecular weight is 356 g/mol. The lowest BCUT2D eigenvalue weighted by atomic mass is 9.92. The minimum absolute atomic E-state index is 0.127. The molecule has 1 saturated carbocycles. The maximum atomic E-state index is 13.1. The molecule has 0 radical (unpaired) electrons. The molecule has 1 aliphatic carbocycles. The largest absolute Gasteiger partial charge is 0.388 e. The van der Waals surface area contributed by atoms with Crippen LogP contribution < -0.4 is 5.32 Å². The summed E-state index contributed by atoms with van der Waals surface area (Å²) < 4.78 is 0. The zero-order valence-corrected chi connectivity index (χ0v) is 15.1. The first-order chi connectivity index (χ1) is 12.4. The van der Waals surface area contributed by atoms with Gasteiger partial charge in [0.1, 0.15) is 11.7 Å². The molecule has 4 rings (SSSR count). The maximum Gasteiger partial charge on any atom is 0.257 e. The highest BCUT2D eigenvalue weighted by Crippen LogP contribution is 2.32. The van der Waals surface area contributed by atoms with Crippen LogP contribution >= 0.6 is 0 Å². The number of nitrogens with zero attached hydrogens (tertiary/aromatic N) is 2. The number of carbonyl (C=O) groups excluding carboxylic acids is 2. The highest BCUT2D eigenvalue weighted by molar-refractivity contribution is 6.10. The molecule has 26 heavy (non-hydrogen) atoms. The van der Waals surface area contributed by atoms with Gasteiger partial charge in [-0.05, 0) is 38.3 Å². The smallest absolute Gasteiger partial charge is 0.257 e. The molecule has 0 saturated heterocycles. The van der Waals surface area contributed by atoms with Gasteiger partial charge in [0.25, 0.3) is 5.91 Å². The molecule has 0 bridgehead atoms. The monoisotopic (exact) mass is 356 g/mol.